The van der Waals surface area contributed by atoms with E-state index in [9.17, 15) is 4.79 Å². The van der Waals surface area contributed by atoms with Crippen LogP contribution in [-0.2, 0) is 11.2 Å². The fourth-order valence-electron chi connectivity index (χ4n) is 3.32. The number of likely N-dealkylation sites (tertiary alicyclic amines) is 1. The highest BCUT2D eigenvalue weighted by Gasteiger charge is 2.28. The Bertz CT molecular complexity index is 668. The molecule has 5 nitrogen and oxygen atoms in total. The van der Waals surface area contributed by atoms with Crippen molar-refractivity contribution in [3.8, 4) is 11.3 Å². The normalized spacial score (nSPS) is 21.0. The van der Waals surface area contributed by atoms with Crippen LogP contribution in [0.4, 0.5) is 0 Å². The van der Waals surface area contributed by atoms with Crippen LogP contribution in [-0.4, -0.2) is 34.9 Å². The summed E-state index contributed by atoms with van der Waals surface area (Å²) in [6.45, 7) is 3.57. The van der Waals surface area contributed by atoms with Gasteiger partial charge in [0.15, 0.2) is 11.7 Å². The summed E-state index contributed by atoms with van der Waals surface area (Å²) in [7, 11) is 0. The van der Waals surface area contributed by atoms with E-state index in [1.54, 1.807) is 6.20 Å². The molecule has 1 aliphatic heterocycles. The van der Waals surface area contributed by atoms with Gasteiger partial charge in [0.1, 0.15) is 0 Å². The molecule has 2 unspecified atom stereocenters. The Labute approximate surface area is 142 Å². The average Bonchev–Trinajstić information content (AvgIpc) is 3.09. The molecule has 1 saturated heterocycles. The first kappa shape index (κ1) is 16.7. The number of amides is 1. The van der Waals surface area contributed by atoms with Gasteiger partial charge in [0.2, 0.25) is 5.91 Å². The van der Waals surface area contributed by atoms with Crippen molar-refractivity contribution < 1.29 is 9.21 Å². The molecule has 0 saturated carbocycles. The molecule has 1 amide bonds. The van der Waals surface area contributed by atoms with Crippen LogP contribution in [0.15, 0.2) is 40.9 Å². The number of hydrogen-bond donors (Lipinski definition) is 1. The molecule has 2 N–H and O–H groups in total. The number of rotatable bonds is 5. The van der Waals surface area contributed by atoms with Gasteiger partial charge in [-0.15, -0.1) is 0 Å². The summed E-state index contributed by atoms with van der Waals surface area (Å²) in [5.41, 5.74) is 6.84. The topological polar surface area (TPSA) is 72.4 Å². The van der Waals surface area contributed by atoms with Crippen LogP contribution in [0.3, 0.4) is 0 Å². The summed E-state index contributed by atoms with van der Waals surface area (Å²) in [6.07, 6.45) is 4.72. The quantitative estimate of drug-likeness (QED) is 0.916. The molecule has 5 heteroatoms. The number of aryl methyl sites for hydroxylation is 1. The van der Waals surface area contributed by atoms with Crippen LogP contribution in [0.25, 0.3) is 11.3 Å². The number of aromatic nitrogens is 1. The minimum absolute atomic E-state index is 0.150. The molecule has 2 aromatic rings. The minimum Gasteiger partial charge on any atom is -0.441 e. The molecule has 1 aromatic heterocycles. The Hall–Kier alpha value is -2.14. The lowest BCUT2D eigenvalue weighted by Gasteiger charge is -2.38. The van der Waals surface area contributed by atoms with Crippen molar-refractivity contribution in [1.82, 2.24) is 9.88 Å². The van der Waals surface area contributed by atoms with Crippen LogP contribution in [0, 0.1) is 5.92 Å². The highest BCUT2D eigenvalue weighted by Crippen LogP contribution is 2.24. The van der Waals surface area contributed by atoms with E-state index in [-0.39, 0.29) is 11.9 Å². The van der Waals surface area contributed by atoms with Crippen molar-refractivity contribution in [3.63, 3.8) is 0 Å². The van der Waals surface area contributed by atoms with Crippen molar-refractivity contribution in [1.29, 1.82) is 0 Å². The lowest BCUT2D eigenvalue weighted by atomic mass is 9.92. The number of nitrogens with zero attached hydrogens (tertiary/aromatic N) is 2. The smallest absolute Gasteiger partial charge is 0.223 e. The summed E-state index contributed by atoms with van der Waals surface area (Å²) in [5.74, 6) is 2.14. The third kappa shape index (κ3) is 3.85. The highest BCUT2D eigenvalue weighted by atomic mass is 16.4. The van der Waals surface area contributed by atoms with E-state index in [1.807, 2.05) is 35.2 Å². The predicted molar refractivity (Wildman–Crippen MR) is 93.2 cm³/mol. The van der Waals surface area contributed by atoms with Crippen LogP contribution < -0.4 is 5.73 Å². The molecule has 2 heterocycles. The van der Waals surface area contributed by atoms with Gasteiger partial charge in [0.25, 0.3) is 0 Å². The Morgan fingerprint density at radius 1 is 1.38 bits per heavy atom. The minimum atomic E-state index is 0.150. The van der Waals surface area contributed by atoms with Gasteiger partial charge < -0.3 is 15.1 Å². The molecule has 0 radical (unpaired) electrons. The van der Waals surface area contributed by atoms with Gasteiger partial charge in [0, 0.05) is 37.5 Å². The maximum Gasteiger partial charge on any atom is 0.223 e. The SMILES string of the molecule is CC1CCN(C(=O)CCc2ncc(-c3ccccc3)o2)C(CN)C1. The average molecular weight is 327 g/mol. The van der Waals surface area contributed by atoms with E-state index in [0.717, 1.165) is 30.7 Å². The number of piperidine rings is 1. The summed E-state index contributed by atoms with van der Waals surface area (Å²) in [4.78, 5) is 18.8. The number of carbonyl (C=O) groups excluding carboxylic acids is 1. The first-order valence-corrected chi connectivity index (χ1v) is 8.67. The maximum absolute atomic E-state index is 12.5. The first-order chi connectivity index (χ1) is 11.7. The third-order valence-electron chi connectivity index (χ3n) is 4.74. The van der Waals surface area contributed by atoms with Crippen LogP contribution in [0.5, 0.6) is 0 Å². The zero-order chi connectivity index (χ0) is 16.9. The summed E-state index contributed by atoms with van der Waals surface area (Å²) < 4.78 is 5.77. The number of benzene rings is 1. The zero-order valence-electron chi connectivity index (χ0n) is 14.1. The van der Waals surface area contributed by atoms with Gasteiger partial charge in [-0.3, -0.25) is 4.79 Å². The number of hydrogen-bond acceptors (Lipinski definition) is 4. The van der Waals surface area contributed by atoms with Gasteiger partial charge in [-0.05, 0) is 18.8 Å². The largest absolute Gasteiger partial charge is 0.441 e. The first-order valence-electron chi connectivity index (χ1n) is 8.67. The fourth-order valence-corrected chi connectivity index (χ4v) is 3.32. The second-order valence-corrected chi connectivity index (χ2v) is 6.59. The Morgan fingerprint density at radius 2 is 2.17 bits per heavy atom. The lowest BCUT2D eigenvalue weighted by Crippen LogP contribution is -2.49. The van der Waals surface area contributed by atoms with Gasteiger partial charge in [-0.2, -0.15) is 0 Å². The molecular weight excluding hydrogens is 302 g/mol. The van der Waals surface area contributed by atoms with E-state index in [4.69, 9.17) is 10.2 Å². The molecule has 0 spiro atoms. The van der Waals surface area contributed by atoms with Gasteiger partial charge in [0.05, 0.1) is 6.20 Å². The summed E-state index contributed by atoms with van der Waals surface area (Å²) >= 11 is 0. The summed E-state index contributed by atoms with van der Waals surface area (Å²) in [6, 6.07) is 10.0. The van der Waals surface area contributed by atoms with E-state index >= 15 is 0 Å². The highest BCUT2D eigenvalue weighted by molar-refractivity contribution is 5.76. The molecule has 1 fully saturated rings. The Kier molecular flexibility index (Phi) is 5.30. The molecule has 0 bridgehead atoms. The van der Waals surface area contributed by atoms with Crippen LogP contribution in [0.2, 0.25) is 0 Å². The predicted octanol–water partition coefficient (Wildman–Crippen LogP) is 2.86. The van der Waals surface area contributed by atoms with E-state index in [2.05, 4.69) is 11.9 Å². The third-order valence-corrected chi connectivity index (χ3v) is 4.74. The Morgan fingerprint density at radius 3 is 2.92 bits per heavy atom. The maximum atomic E-state index is 12.5. The molecule has 2 atom stereocenters. The standard InChI is InChI=1S/C19H25N3O2/c1-14-9-10-22(16(11-14)12-20)19(23)8-7-18-21-13-17(24-18)15-5-3-2-4-6-15/h2-6,13-14,16H,7-12,20H2,1H3. The van der Waals surface area contributed by atoms with Crippen molar-refractivity contribution in [2.45, 2.75) is 38.6 Å². The second kappa shape index (κ2) is 7.62. The number of carbonyl (C=O) groups is 1. The van der Waals surface area contributed by atoms with Crippen molar-refractivity contribution in [2.24, 2.45) is 11.7 Å². The molecular formula is C19H25N3O2. The van der Waals surface area contributed by atoms with Crippen molar-refractivity contribution in [3.05, 3.63) is 42.4 Å². The number of nitrogens with two attached hydrogens (primary N) is 1. The molecule has 1 aliphatic rings. The van der Waals surface area contributed by atoms with Gasteiger partial charge >= 0.3 is 0 Å². The Balaban J connectivity index is 1.58. The van der Waals surface area contributed by atoms with Crippen molar-refractivity contribution in [2.75, 3.05) is 13.1 Å². The molecule has 3 rings (SSSR count). The monoisotopic (exact) mass is 327 g/mol. The molecule has 1 aromatic carbocycles. The van der Waals surface area contributed by atoms with Gasteiger partial charge in [-0.1, -0.05) is 37.3 Å². The fraction of sp³-hybridized carbons (Fsp3) is 0.474. The van der Waals surface area contributed by atoms with Crippen LogP contribution >= 0.6 is 0 Å². The van der Waals surface area contributed by atoms with E-state index < -0.39 is 0 Å². The molecule has 128 valence electrons. The number of oxazole rings is 1. The summed E-state index contributed by atoms with van der Waals surface area (Å²) in [5, 5.41) is 0. The van der Waals surface area contributed by atoms with E-state index in [1.165, 1.54) is 0 Å². The van der Waals surface area contributed by atoms with E-state index in [0.29, 0.717) is 31.2 Å². The zero-order valence-corrected chi connectivity index (χ0v) is 14.1. The van der Waals surface area contributed by atoms with Gasteiger partial charge in [-0.25, -0.2) is 4.98 Å². The lowest BCUT2D eigenvalue weighted by molar-refractivity contribution is -0.135. The molecule has 24 heavy (non-hydrogen) atoms. The van der Waals surface area contributed by atoms with Crippen LogP contribution in [0.1, 0.15) is 32.1 Å². The second-order valence-electron chi connectivity index (χ2n) is 6.59. The molecule has 0 aliphatic carbocycles. The van der Waals surface area contributed by atoms with Crippen molar-refractivity contribution >= 4 is 5.91 Å².